The molecule has 1 amide bonds. The molecule has 0 aliphatic carbocycles. The van der Waals surface area contributed by atoms with E-state index in [4.69, 9.17) is 0 Å². The van der Waals surface area contributed by atoms with Crippen LogP contribution in [-0.4, -0.2) is 22.4 Å². The Kier molecular flexibility index (Phi) is 3.90. The lowest BCUT2D eigenvalue weighted by Gasteiger charge is -2.22. The lowest BCUT2D eigenvalue weighted by atomic mass is 10.2. The van der Waals surface area contributed by atoms with Gasteiger partial charge in [0.25, 0.3) is 5.91 Å². The van der Waals surface area contributed by atoms with E-state index in [0.29, 0.717) is 12.1 Å². The first-order valence-corrected chi connectivity index (χ1v) is 6.29. The molecule has 2 heterocycles. The van der Waals surface area contributed by atoms with Crippen molar-refractivity contribution in [1.29, 1.82) is 0 Å². The lowest BCUT2D eigenvalue weighted by Crippen LogP contribution is -2.31. The van der Waals surface area contributed by atoms with E-state index in [9.17, 15) is 4.79 Å². The number of nitrogens with zero attached hydrogens (tertiary/aromatic N) is 3. The Labute approximate surface area is 113 Å². The predicted molar refractivity (Wildman–Crippen MR) is 75.3 cm³/mol. The molecule has 2 aromatic heterocycles. The molecule has 0 bridgehead atoms. The van der Waals surface area contributed by atoms with E-state index in [0.717, 1.165) is 17.1 Å². The monoisotopic (exact) mass is 255 g/mol. The highest BCUT2D eigenvalue weighted by atomic mass is 16.2. The molecule has 2 aromatic rings. The maximum Gasteiger partial charge on any atom is 0.259 e. The van der Waals surface area contributed by atoms with Crippen LogP contribution in [0, 0.1) is 13.8 Å². The first-order valence-electron chi connectivity index (χ1n) is 6.29. The van der Waals surface area contributed by atoms with Crippen LogP contribution in [0.4, 0.5) is 5.69 Å². The molecule has 4 heteroatoms. The number of pyridine rings is 2. The molecule has 0 aromatic carbocycles. The van der Waals surface area contributed by atoms with E-state index < -0.39 is 0 Å². The molecule has 0 N–H and O–H groups in total. The van der Waals surface area contributed by atoms with Gasteiger partial charge in [0.15, 0.2) is 0 Å². The zero-order chi connectivity index (χ0) is 13.8. The van der Waals surface area contributed by atoms with E-state index in [1.165, 1.54) is 0 Å². The fourth-order valence-corrected chi connectivity index (χ4v) is 1.93. The van der Waals surface area contributed by atoms with Gasteiger partial charge in [0.2, 0.25) is 0 Å². The average molecular weight is 255 g/mol. The molecule has 0 atom stereocenters. The average Bonchev–Trinajstić information content (AvgIpc) is 2.42. The predicted octanol–water partition coefficient (Wildman–Crippen LogP) is 2.76. The van der Waals surface area contributed by atoms with Crippen LogP contribution in [0.25, 0.3) is 0 Å². The SMILES string of the molecule is CCN(C(=O)c1ccc(C)nc1)c1cccnc1C. The Hall–Kier alpha value is -2.23. The van der Waals surface area contributed by atoms with Gasteiger partial charge in [-0.05, 0) is 45.0 Å². The Bertz CT molecular complexity index is 578. The number of aryl methyl sites for hydroxylation is 2. The van der Waals surface area contributed by atoms with Crippen LogP contribution in [0.15, 0.2) is 36.7 Å². The Morgan fingerprint density at radius 3 is 2.58 bits per heavy atom. The van der Waals surface area contributed by atoms with Gasteiger partial charge >= 0.3 is 0 Å². The molecule has 0 unspecified atom stereocenters. The quantitative estimate of drug-likeness (QED) is 0.847. The summed E-state index contributed by atoms with van der Waals surface area (Å²) in [6.45, 7) is 6.35. The first kappa shape index (κ1) is 13.2. The molecule has 4 nitrogen and oxygen atoms in total. The van der Waals surface area contributed by atoms with Crippen molar-refractivity contribution in [3.05, 3.63) is 53.6 Å². The van der Waals surface area contributed by atoms with E-state index in [1.54, 1.807) is 23.4 Å². The molecule has 0 saturated heterocycles. The minimum absolute atomic E-state index is 0.0499. The summed E-state index contributed by atoms with van der Waals surface area (Å²) in [5.74, 6) is -0.0499. The molecule has 0 spiro atoms. The molecule has 0 radical (unpaired) electrons. The molecular formula is C15H17N3O. The number of anilines is 1. The minimum Gasteiger partial charge on any atom is -0.307 e. The first-order chi connectivity index (χ1) is 9.13. The zero-order valence-corrected chi connectivity index (χ0v) is 11.4. The van der Waals surface area contributed by atoms with E-state index in [-0.39, 0.29) is 5.91 Å². The van der Waals surface area contributed by atoms with Crippen molar-refractivity contribution in [3.8, 4) is 0 Å². The van der Waals surface area contributed by atoms with Crippen LogP contribution >= 0.6 is 0 Å². The van der Waals surface area contributed by atoms with Crippen LogP contribution < -0.4 is 4.90 Å². The van der Waals surface area contributed by atoms with E-state index in [1.807, 2.05) is 39.0 Å². The zero-order valence-electron chi connectivity index (χ0n) is 11.4. The van der Waals surface area contributed by atoms with Crippen LogP contribution in [0.1, 0.15) is 28.7 Å². The number of carbonyl (C=O) groups excluding carboxylic acids is 1. The van der Waals surface area contributed by atoms with Crippen molar-refractivity contribution in [2.45, 2.75) is 20.8 Å². The van der Waals surface area contributed by atoms with Gasteiger partial charge in [0.05, 0.1) is 16.9 Å². The van der Waals surface area contributed by atoms with Crippen LogP contribution in [0.3, 0.4) is 0 Å². The van der Waals surface area contributed by atoms with Crippen molar-refractivity contribution in [3.63, 3.8) is 0 Å². The number of hydrogen-bond donors (Lipinski definition) is 0. The van der Waals surface area contributed by atoms with Gasteiger partial charge in [0, 0.05) is 24.6 Å². The third-order valence-corrected chi connectivity index (χ3v) is 2.99. The summed E-state index contributed by atoms with van der Waals surface area (Å²) in [4.78, 5) is 22.6. The largest absolute Gasteiger partial charge is 0.307 e. The molecule has 0 fully saturated rings. The second-order valence-corrected chi connectivity index (χ2v) is 4.35. The standard InChI is InChI=1S/C15H17N3O/c1-4-18(14-6-5-9-16-12(14)3)15(19)13-8-7-11(2)17-10-13/h5-10H,4H2,1-3H3. The Morgan fingerprint density at radius 1 is 1.21 bits per heavy atom. The summed E-state index contributed by atoms with van der Waals surface area (Å²) in [5.41, 5.74) is 3.18. The molecular weight excluding hydrogens is 238 g/mol. The van der Waals surface area contributed by atoms with Gasteiger partial charge in [-0.15, -0.1) is 0 Å². The molecule has 98 valence electrons. The van der Waals surface area contributed by atoms with Gasteiger partial charge in [-0.25, -0.2) is 0 Å². The number of hydrogen-bond acceptors (Lipinski definition) is 3. The van der Waals surface area contributed by atoms with Crippen LogP contribution in [0.5, 0.6) is 0 Å². The maximum absolute atomic E-state index is 12.5. The second-order valence-electron chi connectivity index (χ2n) is 4.35. The summed E-state index contributed by atoms with van der Waals surface area (Å²) in [5, 5.41) is 0. The van der Waals surface area contributed by atoms with Crippen molar-refractivity contribution in [2.24, 2.45) is 0 Å². The molecule has 19 heavy (non-hydrogen) atoms. The summed E-state index contributed by atoms with van der Waals surface area (Å²) in [6.07, 6.45) is 3.34. The molecule has 0 saturated carbocycles. The summed E-state index contributed by atoms with van der Waals surface area (Å²) in [6, 6.07) is 7.40. The fourth-order valence-electron chi connectivity index (χ4n) is 1.93. The third-order valence-electron chi connectivity index (χ3n) is 2.99. The number of carbonyl (C=O) groups is 1. The van der Waals surface area contributed by atoms with Crippen molar-refractivity contribution < 1.29 is 4.79 Å². The lowest BCUT2D eigenvalue weighted by molar-refractivity contribution is 0.0987. The van der Waals surface area contributed by atoms with Gasteiger partial charge in [-0.1, -0.05) is 0 Å². The van der Waals surface area contributed by atoms with Gasteiger partial charge in [-0.2, -0.15) is 0 Å². The second kappa shape index (κ2) is 5.61. The van der Waals surface area contributed by atoms with Gasteiger partial charge in [-0.3, -0.25) is 14.8 Å². The highest BCUT2D eigenvalue weighted by Gasteiger charge is 2.18. The number of amides is 1. The number of aromatic nitrogens is 2. The fraction of sp³-hybridized carbons (Fsp3) is 0.267. The molecule has 0 aliphatic rings. The van der Waals surface area contributed by atoms with Crippen molar-refractivity contribution in [1.82, 2.24) is 9.97 Å². The Morgan fingerprint density at radius 2 is 2.00 bits per heavy atom. The van der Waals surface area contributed by atoms with E-state index in [2.05, 4.69) is 9.97 Å². The highest BCUT2D eigenvalue weighted by Crippen LogP contribution is 2.19. The minimum atomic E-state index is -0.0499. The Balaban J connectivity index is 2.35. The van der Waals surface area contributed by atoms with Crippen LogP contribution in [0.2, 0.25) is 0 Å². The van der Waals surface area contributed by atoms with Crippen molar-refractivity contribution in [2.75, 3.05) is 11.4 Å². The van der Waals surface area contributed by atoms with Crippen molar-refractivity contribution >= 4 is 11.6 Å². The maximum atomic E-state index is 12.5. The smallest absolute Gasteiger partial charge is 0.259 e. The van der Waals surface area contributed by atoms with Crippen LogP contribution in [-0.2, 0) is 0 Å². The van der Waals surface area contributed by atoms with Gasteiger partial charge < -0.3 is 4.90 Å². The number of rotatable bonds is 3. The molecule has 2 rings (SSSR count). The normalized spacial score (nSPS) is 10.3. The third kappa shape index (κ3) is 2.78. The summed E-state index contributed by atoms with van der Waals surface area (Å²) < 4.78 is 0. The summed E-state index contributed by atoms with van der Waals surface area (Å²) >= 11 is 0. The summed E-state index contributed by atoms with van der Waals surface area (Å²) in [7, 11) is 0. The topological polar surface area (TPSA) is 46.1 Å². The van der Waals surface area contributed by atoms with E-state index >= 15 is 0 Å². The molecule has 0 aliphatic heterocycles. The van der Waals surface area contributed by atoms with Gasteiger partial charge in [0.1, 0.15) is 0 Å². The highest BCUT2D eigenvalue weighted by molar-refractivity contribution is 6.06.